The van der Waals surface area contributed by atoms with Crippen molar-refractivity contribution < 1.29 is 9.47 Å². The average molecular weight is 294 g/mol. The van der Waals surface area contributed by atoms with Crippen LogP contribution in [0, 0.1) is 0 Å². The van der Waals surface area contributed by atoms with Crippen LogP contribution in [0.25, 0.3) is 0 Å². The van der Waals surface area contributed by atoms with E-state index < -0.39 is 0 Å². The number of benzene rings is 1. The van der Waals surface area contributed by atoms with Crippen molar-refractivity contribution in [3.8, 4) is 5.75 Å². The van der Waals surface area contributed by atoms with Gasteiger partial charge in [0.25, 0.3) is 0 Å². The summed E-state index contributed by atoms with van der Waals surface area (Å²) in [5.41, 5.74) is 6.49. The SMILES string of the molecule is COC1CCCN(CCOc2ccccc2C(N)=S)C1. The summed E-state index contributed by atoms with van der Waals surface area (Å²) in [6, 6.07) is 7.64. The number of para-hydroxylation sites is 1. The summed E-state index contributed by atoms with van der Waals surface area (Å²) in [7, 11) is 1.78. The minimum atomic E-state index is 0.354. The Hall–Kier alpha value is -1.17. The van der Waals surface area contributed by atoms with Gasteiger partial charge in [0.15, 0.2) is 0 Å². The molecule has 0 aromatic heterocycles. The number of hydrogen-bond donors (Lipinski definition) is 1. The molecule has 0 saturated carbocycles. The highest BCUT2D eigenvalue weighted by Crippen LogP contribution is 2.18. The van der Waals surface area contributed by atoms with Crippen LogP contribution in [0.1, 0.15) is 18.4 Å². The van der Waals surface area contributed by atoms with Gasteiger partial charge in [-0.3, -0.25) is 4.90 Å². The number of piperidine rings is 1. The van der Waals surface area contributed by atoms with Gasteiger partial charge in [-0.25, -0.2) is 0 Å². The first kappa shape index (κ1) is 15.2. The smallest absolute Gasteiger partial charge is 0.129 e. The molecule has 0 amide bonds. The Morgan fingerprint density at radius 1 is 1.45 bits per heavy atom. The number of nitrogens with two attached hydrogens (primary N) is 1. The lowest BCUT2D eigenvalue weighted by Gasteiger charge is -2.31. The maximum Gasteiger partial charge on any atom is 0.129 e. The maximum absolute atomic E-state index is 5.82. The topological polar surface area (TPSA) is 47.7 Å². The predicted molar refractivity (Wildman–Crippen MR) is 84.3 cm³/mol. The highest BCUT2D eigenvalue weighted by atomic mass is 32.1. The molecule has 1 fully saturated rings. The van der Waals surface area contributed by atoms with Gasteiger partial charge in [-0.15, -0.1) is 0 Å². The fourth-order valence-electron chi connectivity index (χ4n) is 2.49. The Kier molecular flexibility index (Phi) is 5.76. The number of methoxy groups -OCH3 is 1. The number of likely N-dealkylation sites (tertiary alicyclic amines) is 1. The van der Waals surface area contributed by atoms with E-state index in [0.29, 0.717) is 17.7 Å². The zero-order valence-electron chi connectivity index (χ0n) is 11.9. The van der Waals surface area contributed by atoms with Crippen LogP contribution in [-0.4, -0.2) is 49.3 Å². The molecule has 1 aliphatic heterocycles. The van der Waals surface area contributed by atoms with Crippen LogP contribution >= 0.6 is 12.2 Å². The predicted octanol–water partition coefficient (Wildman–Crippen LogP) is 1.81. The monoisotopic (exact) mass is 294 g/mol. The second-order valence-corrected chi connectivity index (χ2v) is 5.45. The van der Waals surface area contributed by atoms with E-state index in [4.69, 9.17) is 27.4 Å². The molecule has 1 saturated heterocycles. The van der Waals surface area contributed by atoms with E-state index in [1.807, 2.05) is 24.3 Å². The molecule has 1 aromatic carbocycles. The Labute approximate surface area is 125 Å². The van der Waals surface area contributed by atoms with Crippen molar-refractivity contribution >= 4 is 17.2 Å². The molecule has 0 radical (unpaired) electrons. The number of rotatable bonds is 6. The molecule has 0 aliphatic carbocycles. The fourth-order valence-corrected chi connectivity index (χ4v) is 2.66. The van der Waals surface area contributed by atoms with Crippen molar-refractivity contribution in [3.63, 3.8) is 0 Å². The van der Waals surface area contributed by atoms with E-state index in [1.54, 1.807) is 7.11 Å². The average Bonchev–Trinajstić information content (AvgIpc) is 2.48. The van der Waals surface area contributed by atoms with Crippen LogP contribution in [0.15, 0.2) is 24.3 Å². The molecule has 5 heteroatoms. The number of thiocarbonyl (C=S) groups is 1. The van der Waals surface area contributed by atoms with Gasteiger partial charge < -0.3 is 15.2 Å². The second kappa shape index (κ2) is 7.57. The molecule has 2 rings (SSSR count). The van der Waals surface area contributed by atoms with Crippen LogP contribution in [0.5, 0.6) is 5.75 Å². The summed E-state index contributed by atoms with van der Waals surface area (Å²) >= 11 is 5.03. The molecule has 4 nitrogen and oxygen atoms in total. The fraction of sp³-hybridized carbons (Fsp3) is 0.533. The first-order valence-electron chi connectivity index (χ1n) is 6.97. The van der Waals surface area contributed by atoms with Crippen LogP contribution < -0.4 is 10.5 Å². The van der Waals surface area contributed by atoms with Gasteiger partial charge in [-0.1, -0.05) is 24.4 Å². The number of nitrogens with zero attached hydrogens (tertiary/aromatic N) is 1. The normalized spacial score (nSPS) is 19.8. The zero-order chi connectivity index (χ0) is 14.4. The summed E-state index contributed by atoms with van der Waals surface area (Å²) in [6.07, 6.45) is 2.69. The van der Waals surface area contributed by atoms with E-state index in [2.05, 4.69) is 4.90 Å². The number of ether oxygens (including phenoxy) is 2. The molecule has 2 N–H and O–H groups in total. The Bertz CT molecular complexity index is 453. The standard InChI is InChI=1S/C15H22N2O2S/c1-18-12-5-4-8-17(11-12)9-10-19-14-7-3-2-6-13(14)15(16)20/h2-3,6-7,12H,4-5,8-11H2,1H3,(H2,16,20). The highest BCUT2D eigenvalue weighted by molar-refractivity contribution is 7.80. The van der Waals surface area contributed by atoms with Gasteiger partial charge in [-0.2, -0.15) is 0 Å². The van der Waals surface area contributed by atoms with Gasteiger partial charge in [0.2, 0.25) is 0 Å². The molecule has 110 valence electrons. The summed E-state index contributed by atoms with van der Waals surface area (Å²) in [6.45, 7) is 3.62. The van der Waals surface area contributed by atoms with Crippen molar-refractivity contribution in [3.05, 3.63) is 29.8 Å². The molecule has 0 bridgehead atoms. The summed E-state index contributed by atoms with van der Waals surface area (Å²) in [4.78, 5) is 2.75. The molecule has 0 spiro atoms. The summed E-state index contributed by atoms with van der Waals surface area (Å²) < 4.78 is 11.2. The van der Waals surface area contributed by atoms with Crippen molar-refractivity contribution in [2.24, 2.45) is 5.73 Å². The largest absolute Gasteiger partial charge is 0.492 e. The van der Waals surface area contributed by atoms with Gasteiger partial charge in [0.05, 0.1) is 11.7 Å². The lowest BCUT2D eigenvalue weighted by molar-refractivity contribution is 0.0272. The Morgan fingerprint density at radius 2 is 2.25 bits per heavy atom. The van der Waals surface area contributed by atoms with E-state index in [0.717, 1.165) is 37.4 Å². The second-order valence-electron chi connectivity index (χ2n) is 5.01. The Morgan fingerprint density at radius 3 is 3.00 bits per heavy atom. The molecule has 20 heavy (non-hydrogen) atoms. The molecular weight excluding hydrogens is 272 g/mol. The number of hydrogen-bond acceptors (Lipinski definition) is 4. The molecule has 1 aliphatic rings. The Balaban J connectivity index is 1.82. The molecule has 1 aromatic rings. The van der Waals surface area contributed by atoms with E-state index >= 15 is 0 Å². The van der Waals surface area contributed by atoms with Gasteiger partial charge in [0, 0.05) is 20.2 Å². The summed E-state index contributed by atoms with van der Waals surface area (Å²) in [5, 5.41) is 0. The van der Waals surface area contributed by atoms with Crippen molar-refractivity contribution in [1.29, 1.82) is 0 Å². The third kappa shape index (κ3) is 4.16. The third-order valence-electron chi connectivity index (χ3n) is 3.61. The van der Waals surface area contributed by atoms with Crippen LogP contribution in [0.2, 0.25) is 0 Å². The molecule has 1 unspecified atom stereocenters. The lowest BCUT2D eigenvalue weighted by atomic mass is 10.1. The maximum atomic E-state index is 5.82. The van der Waals surface area contributed by atoms with Crippen LogP contribution in [-0.2, 0) is 4.74 Å². The zero-order valence-corrected chi connectivity index (χ0v) is 12.7. The van der Waals surface area contributed by atoms with Crippen molar-refractivity contribution in [2.45, 2.75) is 18.9 Å². The van der Waals surface area contributed by atoms with Crippen molar-refractivity contribution in [1.82, 2.24) is 4.90 Å². The minimum absolute atomic E-state index is 0.354. The third-order valence-corrected chi connectivity index (χ3v) is 3.83. The van der Waals surface area contributed by atoms with Crippen molar-refractivity contribution in [2.75, 3.05) is 33.4 Å². The van der Waals surface area contributed by atoms with Gasteiger partial charge in [-0.05, 0) is 31.5 Å². The summed E-state index contributed by atoms with van der Waals surface area (Å²) in [5.74, 6) is 0.764. The van der Waals surface area contributed by atoms with E-state index in [-0.39, 0.29) is 0 Å². The first-order chi connectivity index (χ1) is 9.70. The van der Waals surface area contributed by atoms with Crippen LogP contribution in [0.3, 0.4) is 0 Å². The van der Waals surface area contributed by atoms with Gasteiger partial charge >= 0.3 is 0 Å². The minimum Gasteiger partial charge on any atom is -0.492 e. The van der Waals surface area contributed by atoms with Crippen LogP contribution in [0.4, 0.5) is 0 Å². The quantitative estimate of drug-likeness (QED) is 0.811. The highest BCUT2D eigenvalue weighted by Gasteiger charge is 2.19. The first-order valence-corrected chi connectivity index (χ1v) is 7.38. The lowest BCUT2D eigenvalue weighted by Crippen LogP contribution is -2.41. The van der Waals surface area contributed by atoms with E-state index in [1.165, 1.54) is 6.42 Å². The van der Waals surface area contributed by atoms with Gasteiger partial charge in [0.1, 0.15) is 17.3 Å². The molecular formula is C15H22N2O2S. The molecule has 1 heterocycles. The van der Waals surface area contributed by atoms with E-state index in [9.17, 15) is 0 Å². The molecule has 1 atom stereocenters.